The van der Waals surface area contributed by atoms with Crippen LogP contribution in [0.1, 0.15) is 25.7 Å². The van der Waals surface area contributed by atoms with E-state index in [0.717, 1.165) is 27.4 Å². The van der Waals surface area contributed by atoms with E-state index < -0.39 is 5.97 Å². The summed E-state index contributed by atoms with van der Waals surface area (Å²) in [4.78, 5) is 27.6. The van der Waals surface area contributed by atoms with Crippen molar-refractivity contribution in [1.29, 1.82) is 0 Å². The number of thiophene rings is 2. The maximum atomic E-state index is 12.8. The first-order valence-electron chi connectivity index (χ1n) is 10.5. The number of esters is 1. The van der Waals surface area contributed by atoms with Crippen LogP contribution in [0.15, 0.2) is 40.9 Å². The molecule has 1 N–H and O–H groups in total. The number of benzene rings is 1. The highest BCUT2D eigenvalue weighted by atomic mass is 32.2. The maximum absolute atomic E-state index is 12.8. The molecule has 0 saturated heterocycles. The smallest absolute Gasteiger partial charge is 0.341 e. The third-order valence-electron chi connectivity index (χ3n) is 5.48. The van der Waals surface area contributed by atoms with Gasteiger partial charge in [-0.3, -0.25) is 4.79 Å². The van der Waals surface area contributed by atoms with Gasteiger partial charge >= 0.3 is 5.97 Å². The molecule has 0 aliphatic heterocycles. The van der Waals surface area contributed by atoms with E-state index >= 15 is 0 Å². The van der Waals surface area contributed by atoms with E-state index in [9.17, 15) is 9.59 Å². The Labute approximate surface area is 210 Å². The fourth-order valence-electron chi connectivity index (χ4n) is 3.58. The Kier molecular flexibility index (Phi) is 7.20. The molecule has 0 bridgehead atoms. The molecule has 0 radical (unpaired) electrons. The second-order valence-corrected chi connectivity index (χ2v) is 10.9. The molecule has 176 valence electrons. The van der Waals surface area contributed by atoms with Crippen LogP contribution < -0.4 is 5.32 Å². The molecule has 0 saturated carbocycles. The summed E-state index contributed by atoms with van der Waals surface area (Å²) in [5, 5.41) is 14.7. The molecule has 0 atom stereocenters. The lowest BCUT2D eigenvalue weighted by molar-refractivity contribution is -0.113. The summed E-state index contributed by atoms with van der Waals surface area (Å²) in [6.07, 6.45) is 0. The summed E-state index contributed by atoms with van der Waals surface area (Å²) in [5.74, 6) is 0.194. The second-order valence-electron chi connectivity index (χ2n) is 7.63. The SMILES string of the molecule is COC(=O)c1c(NC(=O)CSc2nnc(-c3csc(C)c3C)n2C)sc(C)c1-c1ccccc1. The van der Waals surface area contributed by atoms with Crippen molar-refractivity contribution in [1.82, 2.24) is 14.8 Å². The first-order chi connectivity index (χ1) is 16.3. The van der Waals surface area contributed by atoms with Gasteiger partial charge in [0.1, 0.15) is 10.6 Å². The number of methoxy groups -OCH3 is 1. The number of hydrogen-bond acceptors (Lipinski definition) is 8. The molecule has 3 heterocycles. The number of rotatable bonds is 7. The van der Waals surface area contributed by atoms with Gasteiger partial charge in [0.05, 0.1) is 12.9 Å². The van der Waals surface area contributed by atoms with E-state index in [1.54, 1.807) is 11.3 Å². The number of thioether (sulfide) groups is 1. The zero-order valence-electron chi connectivity index (χ0n) is 19.5. The first kappa shape index (κ1) is 24.2. The lowest BCUT2D eigenvalue weighted by atomic mass is 10.0. The molecular weight excluding hydrogens is 488 g/mol. The quantitative estimate of drug-likeness (QED) is 0.252. The third-order valence-corrected chi connectivity index (χ3v) is 8.54. The van der Waals surface area contributed by atoms with Crippen molar-refractivity contribution in [2.24, 2.45) is 7.05 Å². The van der Waals surface area contributed by atoms with Gasteiger partial charge in [0.2, 0.25) is 5.91 Å². The van der Waals surface area contributed by atoms with Gasteiger partial charge in [-0.05, 0) is 31.9 Å². The van der Waals surface area contributed by atoms with Gasteiger partial charge < -0.3 is 14.6 Å². The molecule has 34 heavy (non-hydrogen) atoms. The van der Waals surface area contributed by atoms with Crippen molar-refractivity contribution in [3.8, 4) is 22.5 Å². The van der Waals surface area contributed by atoms with E-state index in [1.165, 1.54) is 40.6 Å². The van der Waals surface area contributed by atoms with E-state index in [1.807, 2.05) is 48.9 Å². The molecule has 0 spiro atoms. The minimum Gasteiger partial charge on any atom is -0.465 e. The first-order valence-corrected chi connectivity index (χ1v) is 13.1. The molecule has 0 aliphatic carbocycles. The van der Waals surface area contributed by atoms with Crippen LogP contribution in [0.4, 0.5) is 5.00 Å². The van der Waals surface area contributed by atoms with Gasteiger partial charge in [0.15, 0.2) is 11.0 Å². The summed E-state index contributed by atoms with van der Waals surface area (Å²) in [5.41, 5.74) is 4.29. The van der Waals surface area contributed by atoms with E-state index in [0.29, 0.717) is 15.7 Å². The number of carbonyl (C=O) groups excluding carboxylic acids is 2. The molecule has 4 rings (SSSR count). The van der Waals surface area contributed by atoms with Gasteiger partial charge in [-0.2, -0.15) is 0 Å². The second kappa shape index (κ2) is 10.1. The van der Waals surface area contributed by atoms with Crippen molar-refractivity contribution < 1.29 is 14.3 Å². The Morgan fingerprint density at radius 2 is 1.85 bits per heavy atom. The molecule has 0 aliphatic rings. The Morgan fingerprint density at radius 3 is 2.50 bits per heavy atom. The molecule has 0 fully saturated rings. The van der Waals surface area contributed by atoms with Crippen LogP contribution in [0.2, 0.25) is 0 Å². The molecular formula is C24H24N4O3S3. The highest BCUT2D eigenvalue weighted by Crippen LogP contribution is 2.40. The fourth-order valence-corrected chi connectivity index (χ4v) is 6.24. The Morgan fingerprint density at radius 1 is 1.12 bits per heavy atom. The largest absolute Gasteiger partial charge is 0.465 e. The van der Waals surface area contributed by atoms with Gasteiger partial charge in [-0.25, -0.2) is 4.79 Å². The maximum Gasteiger partial charge on any atom is 0.341 e. The van der Waals surface area contributed by atoms with Crippen LogP contribution in [0.3, 0.4) is 0 Å². The Hall–Kier alpha value is -2.95. The summed E-state index contributed by atoms with van der Waals surface area (Å²) in [7, 11) is 3.24. The predicted molar refractivity (Wildman–Crippen MR) is 139 cm³/mol. The summed E-state index contributed by atoms with van der Waals surface area (Å²) in [6.45, 7) is 6.08. The van der Waals surface area contributed by atoms with Crippen molar-refractivity contribution >= 4 is 51.3 Å². The van der Waals surface area contributed by atoms with Crippen LogP contribution in [0.5, 0.6) is 0 Å². The summed E-state index contributed by atoms with van der Waals surface area (Å²) in [6, 6.07) is 9.62. The third kappa shape index (κ3) is 4.66. The highest BCUT2D eigenvalue weighted by Gasteiger charge is 2.25. The van der Waals surface area contributed by atoms with Crippen LogP contribution in [0, 0.1) is 20.8 Å². The van der Waals surface area contributed by atoms with Crippen molar-refractivity contribution in [2.45, 2.75) is 25.9 Å². The zero-order chi connectivity index (χ0) is 24.4. The molecule has 10 heteroatoms. The van der Waals surface area contributed by atoms with Crippen molar-refractivity contribution in [2.75, 3.05) is 18.2 Å². The number of nitrogens with zero attached hydrogens (tertiary/aromatic N) is 3. The molecule has 1 amide bonds. The summed E-state index contributed by atoms with van der Waals surface area (Å²) >= 11 is 4.34. The predicted octanol–water partition coefficient (Wildman–Crippen LogP) is 5.71. The topological polar surface area (TPSA) is 86.1 Å². The van der Waals surface area contributed by atoms with E-state index in [4.69, 9.17) is 4.74 Å². The van der Waals surface area contributed by atoms with E-state index in [-0.39, 0.29) is 11.7 Å². The minimum atomic E-state index is -0.481. The average Bonchev–Trinajstić information content (AvgIpc) is 3.47. The molecule has 7 nitrogen and oxygen atoms in total. The van der Waals surface area contributed by atoms with Gasteiger partial charge in [-0.15, -0.1) is 32.9 Å². The van der Waals surface area contributed by atoms with Crippen LogP contribution in [-0.4, -0.2) is 39.5 Å². The highest BCUT2D eigenvalue weighted by molar-refractivity contribution is 7.99. The monoisotopic (exact) mass is 512 g/mol. The molecule has 4 aromatic rings. The molecule has 3 aromatic heterocycles. The number of aryl methyl sites for hydroxylation is 2. The summed E-state index contributed by atoms with van der Waals surface area (Å²) < 4.78 is 6.92. The number of ether oxygens (including phenoxy) is 1. The number of amides is 1. The average molecular weight is 513 g/mol. The molecule has 0 unspecified atom stereocenters. The van der Waals surface area contributed by atoms with Gasteiger partial charge in [0, 0.05) is 33.3 Å². The number of nitrogens with one attached hydrogen (secondary N) is 1. The normalized spacial score (nSPS) is 11.0. The van der Waals surface area contributed by atoms with Crippen LogP contribution in [0.25, 0.3) is 22.5 Å². The molecule has 1 aromatic carbocycles. The lowest BCUT2D eigenvalue weighted by Gasteiger charge is -2.08. The van der Waals surface area contributed by atoms with Crippen LogP contribution in [-0.2, 0) is 16.6 Å². The van der Waals surface area contributed by atoms with Crippen molar-refractivity contribution in [3.63, 3.8) is 0 Å². The van der Waals surface area contributed by atoms with E-state index in [2.05, 4.69) is 34.7 Å². The number of anilines is 1. The Bertz CT molecular complexity index is 1360. The van der Waals surface area contributed by atoms with Crippen molar-refractivity contribution in [3.05, 3.63) is 56.6 Å². The standard InChI is InChI=1S/C24H24N4O3S3/c1-13-14(2)32-11-17(13)21-26-27-24(28(21)4)33-12-18(29)25-22-20(23(30)31-5)19(15(3)34-22)16-9-7-6-8-10-16/h6-11H,12H2,1-5H3,(H,25,29). The Balaban J connectivity index is 1.52. The fraction of sp³-hybridized carbons (Fsp3) is 0.250. The minimum absolute atomic E-state index is 0.131. The number of hydrogen-bond donors (Lipinski definition) is 1. The lowest BCUT2D eigenvalue weighted by Crippen LogP contribution is -2.16. The van der Waals surface area contributed by atoms with Crippen LogP contribution >= 0.6 is 34.4 Å². The zero-order valence-corrected chi connectivity index (χ0v) is 21.9. The van der Waals surface area contributed by atoms with Gasteiger partial charge in [-0.1, -0.05) is 42.1 Å². The number of aromatic nitrogens is 3. The van der Waals surface area contributed by atoms with Gasteiger partial charge in [0.25, 0.3) is 0 Å². The number of carbonyl (C=O) groups is 2.